The third-order valence-electron chi connectivity index (χ3n) is 3.76. The third kappa shape index (κ3) is 4.95. The molecule has 2 heterocycles. The highest BCUT2D eigenvalue weighted by Gasteiger charge is 2.10. The van der Waals surface area contributed by atoms with Crippen molar-refractivity contribution < 1.29 is 4.74 Å². The van der Waals surface area contributed by atoms with Crippen LogP contribution in [0.1, 0.15) is 64.3 Å². The van der Waals surface area contributed by atoms with E-state index in [1.54, 1.807) is 0 Å². The molecule has 2 rings (SSSR count). The molecular formula is C20H29N3O. The Kier molecular flexibility index (Phi) is 7.53. The molecule has 0 aliphatic heterocycles. The quantitative estimate of drug-likeness (QED) is 0.443. The molecule has 0 unspecified atom stereocenters. The molecule has 2 aromatic rings. The number of hydrogen-bond acceptors (Lipinski definition) is 3. The van der Waals surface area contributed by atoms with Gasteiger partial charge in [0.2, 0.25) is 5.88 Å². The van der Waals surface area contributed by atoms with E-state index < -0.39 is 0 Å². The maximum absolute atomic E-state index is 5.63. The van der Waals surface area contributed by atoms with Crippen LogP contribution in [-0.4, -0.2) is 21.2 Å². The lowest BCUT2D eigenvalue weighted by Crippen LogP contribution is -2.02. The second-order valence-electron chi connectivity index (χ2n) is 5.83. The SMILES string of the molecule is CCC/C=C\CC/C=C/c1nc2ccc(OCCC)nn2c1CC. The summed E-state index contributed by atoms with van der Waals surface area (Å²) in [6, 6.07) is 3.87. The molecule has 0 aliphatic carbocycles. The van der Waals surface area contributed by atoms with Gasteiger partial charge in [-0.2, -0.15) is 0 Å². The number of rotatable bonds is 10. The van der Waals surface area contributed by atoms with Crippen molar-refractivity contribution in [3.8, 4) is 5.88 Å². The summed E-state index contributed by atoms with van der Waals surface area (Å²) in [5.74, 6) is 0.660. The van der Waals surface area contributed by atoms with E-state index >= 15 is 0 Å². The predicted molar refractivity (Wildman–Crippen MR) is 100 cm³/mol. The van der Waals surface area contributed by atoms with Gasteiger partial charge in [0.05, 0.1) is 18.0 Å². The van der Waals surface area contributed by atoms with Gasteiger partial charge in [0.25, 0.3) is 0 Å². The van der Waals surface area contributed by atoms with Gasteiger partial charge in [-0.05, 0) is 44.2 Å². The number of fused-ring (bicyclic) bond motifs is 1. The fourth-order valence-corrected chi connectivity index (χ4v) is 2.52. The smallest absolute Gasteiger partial charge is 0.231 e. The second-order valence-corrected chi connectivity index (χ2v) is 5.83. The van der Waals surface area contributed by atoms with Crippen LogP contribution in [0.3, 0.4) is 0 Å². The summed E-state index contributed by atoms with van der Waals surface area (Å²) >= 11 is 0. The van der Waals surface area contributed by atoms with Crippen LogP contribution in [0.5, 0.6) is 5.88 Å². The first-order chi connectivity index (χ1) is 11.8. The van der Waals surface area contributed by atoms with E-state index in [0.717, 1.165) is 42.7 Å². The van der Waals surface area contributed by atoms with Crippen LogP contribution in [0.25, 0.3) is 11.7 Å². The molecule has 0 N–H and O–H groups in total. The number of aryl methyl sites for hydroxylation is 1. The van der Waals surface area contributed by atoms with Crippen molar-refractivity contribution in [1.29, 1.82) is 0 Å². The Morgan fingerprint density at radius 2 is 1.79 bits per heavy atom. The first-order valence-electron chi connectivity index (χ1n) is 9.13. The van der Waals surface area contributed by atoms with Crippen molar-refractivity contribution in [3.63, 3.8) is 0 Å². The number of ether oxygens (including phenoxy) is 1. The van der Waals surface area contributed by atoms with E-state index in [2.05, 4.69) is 50.2 Å². The highest BCUT2D eigenvalue weighted by Crippen LogP contribution is 2.17. The van der Waals surface area contributed by atoms with Crippen LogP contribution in [-0.2, 0) is 6.42 Å². The van der Waals surface area contributed by atoms with Gasteiger partial charge in [-0.3, -0.25) is 0 Å². The summed E-state index contributed by atoms with van der Waals surface area (Å²) in [6.45, 7) is 7.11. The number of hydrogen-bond donors (Lipinski definition) is 0. The van der Waals surface area contributed by atoms with Gasteiger partial charge in [0.1, 0.15) is 0 Å². The van der Waals surface area contributed by atoms with Gasteiger partial charge in [-0.1, -0.05) is 45.4 Å². The maximum atomic E-state index is 5.63. The number of aromatic nitrogens is 3. The molecule has 0 bridgehead atoms. The Hall–Kier alpha value is -2.10. The summed E-state index contributed by atoms with van der Waals surface area (Å²) in [5, 5.41) is 4.57. The number of imidazole rings is 1. The van der Waals surface area contributed by atoms with Gasteiger partial charge in [0, 0.05) is 6.07 Å². The minimum absolute atomic E-state index is 0.660. The molecule has 0 radical (unpaired) electrons. The van der Waals surface area contributed by atoms with Crippen LogP contribution in [0.2, 0.25) is 0 Å². The van der Waals surface area contributed by atoms with E-state index in [0.29, 0.717) is 12.5 Å². The van der Waals surface area contributed by atoms with Crippen LogP contribution >= 0.6 is 0 Å². The summed E-state index contributed by atoms with van der Waals surface area (Å²) in [4.78, 5) is 4.69. The summed E-state index contributed by atoms with van der Waals surface area (Å²) < 4.78 is 7.54. The molecule has 0 saturated heterocycles. The number of allylic oxidation sites excluding steroid dienone is 3. The van der Waals surface area contributed by atoms with Gasteiger partial charge in [0.15, 0.2) is 5.65 Å². The zero-order valence-corrected chi connectivity index (χ0v) is 15.2. The van der Waals surface area contributed by atoms with Crippen LogP contribution in [0.4, 0.5) is 0 Å². The first-order valence-corrected chi connectivity index (χ1v) is 9.13. The monoisotopic (exact) mass is 327 g/mol. The molecule has 0 saturated carbocycles. The molecule has 24 heavy (non-hydrogen) atoms. The van der Waals surface area contributed by atoms with Crippen molar-refractivity contribution in [2.75, 3.05) is 6.61 Å². The van der Waals surface area contributed by atoms with Gasteiger partial charge >= 0.3 is 0 Å². The topological polar surface area (TPSA) is 39.4 Å². The van der Waals surface area contributed by atoms with E-state index in [1.165, 1.54) is 12.8 Å². The lowest BCUT2D eigenvalue weighted by atomic mass is 10.2. The molecule has 0 spiro atoms. The normalized spacial score (nSPS) is 12.0. The summed E-state index contributed by atoms with van der Waals surface area (Å²) in [6.07, 6.45) is 15.2. The standard InChI is InChI=1S/C20H29N3O/c1-4-7-8-9-10-11-12-13-17-18(6-3)23-19(21-17)14-15-20(22-23)24-16-5-2/h8-9,12-15H,4-7,10-11,16H2,1-3H3/b9-8-,13-12+. The minimum Gasteiger partial charge on any atom is -0.477 e. The zero-order valence-electron chi connectivity index (χ0n) is 15.2. The van der Waals surface area contributed by atoms with Gasteiger partial charge in [-0.25, -0.2) is 9.50 Å². The molecule has 2 aromatic heterocycles. The van der Waals surface area contributed by atoms with Crippen LogP contribution in [0, 0.1) is 0 Å². The molecule has 0 aliphatic rings. The molecular weight excluding hydrogens is 298 g/mol. The van der Waals surface area contributed by atoms with Crippen LogP contribution in [0.15, 0.2) is 30.4 Å². The number of unbranched alkanes of at least 4 members (excludes halogenated alkanes) is 2. The van der Waals surface area contributed by atoms with Crippen molar-refractivity contribution in [3.05, 3.63) is 41.7 Å². The number of nitrogens with zero attached hydrogens (tertiary/aromatic N) is 3. The lowest BCUT2D eigenvalue weighted by Gasteiger charge is -2.04. The molecule has 0 atom stereocenters. The molecule has 4 heteroatoms. The highest BCUT2D eigenvalue weighted by molar-refractivity contribution is 5.55. The van der Waals surface area contributed by atoms with Gasteiger partial charge in [-0.15, -0.1) is 5.10 Å². The van der Waals surface area contributed by atoms with Crippen molar-refractivity contribution >= 4 is 11.7 Å². The fourth-order valence-electron chi connectivity index (χ4n) is 2.52. The molecule has 0 fully saturated rings. The third-order valence-corrected chi connectivity index (χ3v) is 3.76. The Bertz CT molecular complexity index is 685. The van der Waals surface area contributed by atoms with E-state index in [9.17, 15) is 0 Å². The summed E-state index contributed by atoms with van der Waals surface area (Å²) in [5.41, 5.74) is 3.01. The Morgan fingerprint density at radius 3 is 2.54 bits per heavy atom. The summed E-state index contributed by atoms with van der Waals surface area (Å²) in [7, 11) is 0. The molecule has 0 aromatic carbocycles. The maximum Gasteiger partial charge on any atom is 0.231 e. The molecule has 0 amide bonds. The molecule has 4 nitrogen and oxygen atoms in total. The van der Waals surface area contributed by atoms with Gasteiger partial charge < -0.3 is 4.74 Å². The van der Waals surface area contributed by atoms with Crippen molar-refractivity contribution in [2.24, 2.45) is 0 Å². The largest absolute Gasteiger partial charge is 0.477 e. The Balaban J connectivity index is 2.09. The minimum atomic E-state index is 0.660. The van der Waals surface area contributed by atoms with Crippen LogP contribution < -0.4 is 4.74 Å². The zero-order chi connectivity index (χ0) is 17.2. The van der Waals surface area contributed by atoms with E-state index in [4.69, 9.17) is 9.72 Å². The second kappa shape index (κ2) is 9.91. The predicted octanol–water partition coefficient (Wildman–Crippen LogP) is 5.23. The highest BCUT2D eigenvalue weighted by atomic mass is 16.5. The van der Waals surface area contributed by atoms with Crippen molar-refractivity contribution in [2.45, 2.75) is 59.3 Å². The van der Waals surface area contributed by atoms with E-state index in [-0.39, 0.29) is 0 Å². The first kappa shape index (κ1) is 18.2. The lowest BCUT2D eigenvalue weighted by molar-refractivity contribution is 0.300. The Labute approximate surface area is 145 Å². The average molecular weight is 327 g/mol. The molecule has 130 valence electrons. The fraction of sp³-hybridized carbons (Fsp3) is 0.500. The van der Waals surface area contributed by atoms with E-state index in [1.807, 2.05) is 16.6 Å². The Morgan fingerprint density at radius 1 is 1.00 bits per heavy atom. The average Bonchev–Trinajstić information content (AvgIpc) is 2.95. The van der Waals surface area contributed by atoms with Crippen molar-refractivity contribution in [1.82, 2.24) is 14.6 Å².